The second kappa shape index (κ2) is 10.1. The van der Waals surface area contributed by atoms with Gasteiger partial charge in [-0.1, -0.05) is 0 Å². The van der Waals surface area contributed by atoms with E-state index in [1.54, 1.807) is 56.7 Å². The molecule has 0 amide bonds. The molecular weight excluding hydrogens is 382 g/mol. The van der Waals surface area contributed by atoms with Gasteiger partial charge < -0.3 is 29.4 Å². The van der Waals surface area contributed by atoms with Crippen LogP contribution in [0.1, 0.15) is 12.5 Å². The molecule has 28 heavy (non-hydrogen) atoms. The lowest BCUT2D eigenvalue weighted by molar-refractivity contribution is -0.307. The topological polar surface area (TPSA) is 104 Å². The number of rotatable bonds is 8. The molecule has 0 fully saturated rings. The van der Waals surface area contributed by atoms with Gasteiger partial charge in [0.15, 0.2) is 16.6 Å². The molecule has 2 aromatic carbocycles. The smallest absolute Gasteiger partial charge is 0.191 e. The normalized spacial score (nSPS) is 10.8. The number of carboxylic acids is 1. The van der Waals surface area contributed by atoms with Crippen molar-refractivity contribution in [3.8, 4) is 17.2 Å². The zero-order valence-electron chi connectivity index (χ0n) is 15.6. The van der Waals surface area contributed by atoms with Gasteiger partial charge in [-0.25, -0.2) is 0 Å². The summed E-state index contributed by atoms with van der Waals surface area (Å²) in [6, 6.07) is 12.1. The number of ether oxygens (including phenoxy) is 3. The third-order valence-corrected chi connectivity index (χ3v) is 3.79. The summed E-state index contributed by atoms with van der Waals surface area (Å²) in [4.78, 5) is 10.4. The molecule has 2 rings (SSSR count). The van der Waals surface area contributed by atoms with Gasteiger partial charge in [0.1, 0.15) is 12.4 Å². The van der Waals surface area contributed by atoms with E-state index in [-0.39, 0.29) is 0 Å². The quantitative estimate of drug-likeness (QED) is 0.389. The Balaban J connectivity index is 1.95. The molecule has 9 heteroatoms. The lowest BCUT2D eigenvalue weighted by Gasteiger charge is -2.12. The summed E-state index contributed by atoms with van der Waals surface area (Å²) < 4.78 is 15.5. The molecule has 148 valence electrons. The Morgan fingerprint density at radius 1 is 1.11 bits per heavy atom. The number of benzene rings is 2. The van der Waals surface area contributed by atoms with Gasteiger partial charge in [-0.3, -0.25) is 5.43 Å². The number of carbonyl (C=O) groups excluding carboxylic acids is 1. The zero-order valence-corrected chi connectivity index (χ0v) is 16.5. The Morgan fingerprint density at radius 2 is 1.79 bits per heavy atom. The number of methoxy groups -OCH3 is 2. The van der Waals surface area contributed by atoms with E-state index in [4.69, 9.17) is 26.4 Å². The fourth-order valence-electron chi connectivity index (χ4n) is 2.21. The molecule has 0 saturated heterocycles. The molecule has 2 aromatic rings. The fourth-order valence-corrected chi connectivity index (χ4v) is 2.37. The number of hydrazone groups is 1. The van der Waals surface area contributed by atoms with Crippen LogP contribution in [-0.2, 0) is 4.79 Å². The molecule has 0 aliphatic heterocycles. The number of hydrogen-bond acceptors (Lipinski definition) is 7. The Hall–Kier alpha value is -3.33. The monoisotopic (exact) mass is 402 g/mol. The van der Waals surface area contributed by atoms with Crippen LogP contribution in [0.3, 0.4) is 0 Å². The van der Waals surface area contributed by atoms with Crippen LogP contribution in [0.25, 0.3) is 0 Å². The molecule has 0 heterocycles. The first kappa shape index (κ1) is 21.0. The summed E-state index contributed by atoms with van der Waals surface area (Å²) in [5, 5.41) is 17.9. The third-order valence-electron chi connectivity index (χ3n) is 3.60. The first-order chi connectivity index (χ1) is 13.4. The highest BCUT2D eigenvalue weighted by Gasteiger charge is 2.06. The molecule has 2 N–H and O–H groups in total. The highest BCUT2D eigenvalue weighted by atomic mass is 32.1. The van der Waals surface area contributed by atoms with Crippen LogP contribution < -0.4 is 30.1 Å². The van der Waals surface area contributed by atoms with Gasteiger partial charge in [-0.2, -0.15) is 5.10 Å². The van der Waals surface area contributed by atoms with Crippen LogP contribution in [0, 0.1) is 0 Å². The van der Waals surface area contributed by atoms with Gasteiger partial charge in [-0.15, -0.1) is 0 Å². The number of aliphatic carboxylic acids is 1. The van der Waals surface area contributed by atoms with Gasteiger partial charge in [0.25, 0.3) is 0 Å². The molecule has 0 bridgehead atoms. The Bertz CT molecular complexity index is 868. The maximum Gasteiger partial charge on any atom is 0.191 e. The van der Waals surface area contributed by atoms with Crippen molar-refractivity contribution in [3.05, 3.63) is 48.0 Å². The highest BCUT2D eigenvalue weighted by molar-refractivity contribution is 7.80. The Kier molecular flexibility index (Phi) is 7.58. The number of carboxylic acid groups (broad SMARTS) is 1. The minimum absolute atomic E-state index is 0.306. The van der Waals surface area contributed by atoms with Gasteiger partial charge >= 0.3 is 0 Å². The van der Waals surface area contributed by atoms with Crippen LogP contribution in [-0.4, -0.2) is 37.6 Å². The van der Waals surface area contributed by atoms with Crippen LogP contribution in [0.2, 0.25) is 0 Å². The Morgan fingerprint density at radius 3 is 2.39 bits per heavy atom. The zero-order chi connectivity index (χ0) is 20.5. The Labute approximate surface area is 168 Å². The summed E-state index contributed by atoms with van der Waals surface area (Å²) in [6.07, 6.45) is 0. The summed E-state index contributed by atoms with van der Waals surface area (Å²) in [5.41, 5.74) is 4.99. The third kappa shape index (κ3) is 6.13. The lowest BCUT2D eigenvalue weighted by Crippen LogP contribution is -2.28. The van der Waals surface area contributed by atoms with E-state index in [1.807, 2.05) is 6.92 Å². The second-order valence-electron chi connectivity index (χ2n) is 5.52. The number of carbonyl (C=O) groups is 1. The molecule has 0 aromatic heterocycles. The summed E-state index contributed by atoms with van der Waals surface area (Å²) in [5.74, 6) is 0.352. The van der Waals surface area contributed by atoms with Crippen molar-refractivity contribution >= 4 is 34.7 Å². The molecule has 0 radical (unpaired) electrons. The van der Waals surface area contributed by atoms with E-state index in [0.29, 0.717) is 28.1 Å². The maximum atomic E-state index is 10.4. The summed E-state index contributed by atoms with van der Waals surface area (Å²) in [7, 11) is 3.12. The predicted molar refractivity (Wildman–Crippen MR) is 108 cm³/mol. The summed E-state index contributed by atoms with van der Waals surface area (Å²) in [6.45, 7) is 1.31. The van der Waals surface area contributed by atoms with Gasteiger partial charge in [0.2, 0.25) is 0 Å². The standard InChI is InChI=1S/C19H21N3O5S/c1-12(13-4-7-15(8-5-13)27-11-18(23)24)21-22-19(28)20-14-6-9-16(25-2)17(10-14)26-3/h4-10H,11H2,1-3H3,(H,23,24)(H2,20,22,28)/p-1/b21-12-. The van der Waals surface area contributed by atoms with Gasteiger partial charge in [-0.05, 0) is 61.1 Å². The number of thiocarbonyl (C=S) groups is 1. The van der Waals surface area contributed by atoms with E-state index in [9.17, 15) is 9.90 Å². The first-order valence-electron chi connectivity index (χ1n) is 8.19. The van der Waals surface area contributed by atoms with Crippen LogP contribution in [0.15, 0.2) is 47.6 Å². The molecule has 0 atom stereocenters. The number of anilines is 1. The molecule has 8 nitrogen and oxygen atoms in total. The molecule has 0 aliphatic rings. The average molecular weight is 402 g/mol. The van der Waals surface area contributed by atoms with E-state index < -0.39 is 12.6 Å². The van der Waals surface area contributed by atoms with Crippen molar-refractivity contribution in [2.24, 2.45) is 5.10 Å². The fraction of sp³-hybridized carbons (Fsp3) is 0.211. The van der Waals surface area contributed by atoms with Crippen molar-refractivity contribution in [3.63, 3.8) is 0 Å². The van der Waals surface area contributed by atoms with E-state index in [2.05, 4.69) is 15.8 Å². The lowest BCUT2D eigenvalue weighted by atomic mass is 10.1. The molecule has 0 spiro atoms. The maximum absolute atomic E-state index is 10.4. The van der Waals surface area contributed by atoms with Crippen molar-refractivity contribution in [2.75, 3.05) is 26.1 Å². The van der Waals surface area contributed by atoms with Crippen LogP contribution in [0.4, 0.5) is 5.69 Å². The number of nitrogens with one attached hydrogen (secondary N) is 2. The van der Waals surface area contributed by atoms with Gasteiger partial charge in [0, 0.05) is 11.8 Å². The van der Waals surface area contributed by atoms with Crippen molar-refractivity contribution in [2.45, 2.75) is 6.92 Å². The summed E-state index contributed by atoms with van der Waals surface area (Å²) >= 11 is 5.24. The van der Waals surface area contributed by atoms with E-state index in [0.717, 1.165) is 11.3 Å². The first-order valence-corrected chi connectivity index (χ1v) is 8.60. The molecule has 0 unspecified atom stereocenters. The average Bonchev–Trinajstić information content (AvgIpc) is 2.70. The predicted octanol–water partition coefficient (Wildman–Crippen LogP) is 1.54. The van der Waals surface area contributed by atoms with Gasteiger partial charge in [0.05, 0.1) is 25.9 Å². The van der Waals surface area contributed by atoms with E-state index >= 15 is 0 Å². The molecule has 0 aliphatic carbocycles. The highest BCUT2D eigenvalue weighted by Crippen LogP contribution is 2.29. The van der Waals surface area contributed by atoms with Crippen LogP contribution >= 0.6 is 12.2 Å². The molecule has 0 saturated carbocycles. The van der Waals surface area contributed by atoms with Crippen molar-refractivity contribution in [1.82, 2.24) is 5.43 Å². The van der Waals surface area contributed by atoms with Crippen LogP contribution in [0.5, 0.6) is 17.2 Å². The largest absolute Gasteiger partial charge is 0.546 e. The molecular formula is C19H20N3O5S-. The second-order valence-corrected chi connectivity index (χ2v) is 5.93. The van der Waals surface area contributed by atoms with Crippen molar-refractivity contribution in [1.29, 1.82) is 0 Å². The van der Waals surface area contributed by atoms with E-state index in [1.165, 1.54) is 0 Å². The minimum Gasteiger partial charge on any atom is -0.546 e. The number of hydrogen-bond donors (Lipinski definition) is 2. The van der Waals surface area contributed by atoms with Crippen molar-refractivity contribution < 1.29 is 24.1 Å². The number of nitrogens with zero attached hydrogens (tertiary/aromatic N) is 1. The SMILES string of the molecule is COc1ccc(NC(=S)N/N=C(/C)c2ccc(OCC(=O)[O-])cc2)cc1OC. The minimum atomic E-state index is -1.28.